The molecule has 0 fully saturated rings. The number of carbonyl (C=O) groups is 2. The number of hydrogen-bond donors (Lipinski definition) is 3. The van der Waals surface area contributed by atoms with E-state index >= 15 is 0 Å². The molecule has 0 heterocycles. The summed E-state index contributed by atoms with van der Waals surface area (Å²) >= 11 is 0. The van der Waals surface area contributed by atoms with E-state index in [1.165, 1.54) is 13.8 Å². The van der Waals surface area contributed by atoms with Crippen molar-refractivity contribution in [3.05, 3.63) is 0 Å². The highest BCUT2D eigenvalue weighted by Gasteiger charge is 2.19. The first kappa shape index (κ1) is 12.9. The van der Waals surface area contributed by atoms with Crippen molar-refractivity contribution in [1.29, 1.82) is 0 Å². The van der Waals surface area contributed by atoms with Crippen molar-refractivity contribution in [3.63, 3.8) is 0 Å². The monoisotopic (exact) mass is 205 g/mol. The molecular formula is C8H15NO5. The van der Waals surface area contributed by atoms with E-state index in [1.54, 1.807) is 0 Å². The van der Waals surface area contributed by atoms with Crippen molar-refractivity contribution in [2.45, 2.75) is 13.8 Å². The van der Waals surface area contributed by atoms with Gasteiger partial charge in [-0.05, 0) is 0 Å². The lowest BCUT2D eigenvalue weighted by Crippen LogP contribution is -2.34. The SMILES string of the molecule is CC(CN(O)CC(C)C(=O)O)C(=O)O. The van der Waals surface area contributed by atoms with E-state index in [1.807, 2.05) is 0 Å². The van der Waals surface area contributed by atoms with E-state index in [9.17, 15) is 14.8 Å². The van der Waals surface area contributed by atoms with Crippen LogP contribution in [0.5, 0.6) is 0 Å². The maximum Gasteiger partial charge on any atom is 0.307 e. The Bertz CT molecular complexity index is 196. The zero-order valence-electron chi connectivity index (χ0n) is 8.17. The number of rotatable bonds is 6. The third kappa shape index (κ3) is 4.78. The number of hydrogen-bond acceptors (Lipinski definition) is 4. The molecule has 14 heavy (non-hydrogen) atoms. The van der Waals surface area contributed by atoms with Crippen LogP contribution in [0.4, 0.5) is 0 Å². The first-order valence-electron chi connectivity index (χ1n) is 4.24. The topological polar surface area (TPSA) is 98.1 Å². The van der Waals surface area contributed by atoms with Gasteiger partial charge >= 0.3 is 11.9 Å². The molecule has 0 spiro atoms. The average molecular weight is 205 g/mol. The number of nitrogens with zero attached hydrogens (tertiary/aromatic N) is 1. The van der Waals surface area contributed by atoms with Crippen molar-refractivity contribution < 1.29 is 25.0 Å². The molecule has 0 rings (SSSR count). The Morgan fingerprint density at radius 2 is 1.36 bits per heavy atom. The predicted molar refractivity (Wildman–Crippen MR) is 47.0 cm³/mol. The van der Waals surface area contributed by atoms with Gasteiger partial charge in [-0.15, -0.1) is 0 Å². The van der Waals surface area contributed by atoms with Gasteiger partial charge in [-0.2, -0.15) is 5.06 Å². The minimum atomic E-state index is -1.02. The highest BCUT2D eigenvalue weighted by atomic mass is 16.5. The molecule has 2 atom stereocenters. The fourth-order valence-corrected chi connectivity index (χ4v) is 0.863. The molecule has 0 saturated carbocycles. The Morgan fingerprint density at radius 1 is 1.07 bits per heavy atom. The van der Waals surface area contributed by atoms with Gasteiger partial charge in [-0.3, -0.25) is 9.59 Å². The van der Waals surface area contributed by atoms with Crippen molar-refractivity contribution in [2.24, 2.45) is 11.8 Å². The van der Waals surface area contributed by atoms with Gasteiger partial charge in [-0.1, -0.05) is 13.8 Å². The summed E-state index contributed by atoms with van der Waals surface area (Å²) in [7, 11) is 0. The van der Waals surface area contributed by atoms with Crippen LogP contribution < -0.4 is 0 Å². The van der Waals surface area contributed by atoms with Crippen LogP contribution in [-0.2, 0) is 9.59 Å². The quantitative estimate of drug-likeness (QED) is 0.533. The van der Waals surface area contributed by atoms with Crippen molar-refractivity contribution in [2.75, 3.05) is 13.1 Å². The van der Waals surface area contributed by atoms with Crippen LogP contribution in [-0.4, -0.2) is 45.5 Å². The van der Waals surface area contributed by atoms with E-state index in [2.05, 4.69) is 0 Å². The van der Waals surface area contributed by atoms with Gasteiger partial charge in [0.05, 0.1) is 11.8 Å². The Morgan fingerprint density at radius 3 is 1.57 bits per heavy atom. The van der Waals surface area contributed by atoms with Gasteiger partial charge in [0.2, 0.25) is 0 Å². The normalized spacial score (nSPS) is 15.1. The largest absolute Gasteiger partial charge is 0.481 e. The summed E-state index contributed by atoms with van der Waals surface area (Å²) in [5.41, 5.74) is 0. The summed E-state index contributed by atoms with van der Waals surface area (Å²) in [6, 6.07) is 0. The molecular weight excluding hydrogens is 190 g/mol. The second-order valence-electron chi connectivity index (χ2n) is 3.35. The lowest BCUT2D eigenvalue weighted by Gasteiger charge is -2.18. The molecule has 3 N–H and O–H groups in total. The summed E-state index contributed by atoms with van der Waals surface area (Å²) in [5.74, 6) is -3.49. The van der Waals surface area contributed by atoms with E-state index < -0.39 is 23.8 Å². The summed E-state index contributed by atoms with van der Waals surface area (Å²) < 4.78 is 0. The standard InChI is InChI=1S/C8H15NO5/c1-5(7(10)11)3-9(14)4-6(2)8(12)13/h5-6,14H,3-4H2,1-2H3,(H,10,11)(H,12,13). The van der Waals surface area contributed by atoms with E-state index in [0.717, 1.165) is 5.06 Å². The fraction of sp³-hybridized carbons (Fsp3) is 0.750. The first-order chi connectivity index (χ1) is 6.34. The summed E-state index contributed by atoms with van der Waals surface area (Å²) in [5, 5.41) is 27.0. The highest BCUT2D eigenvalue weighted by Crippen LogP contribution is 2.02. The van der Waals surface area contributed by atoms with Crippen LogP contribution in [0, 0.1) is 11.8 Å². The first-order valence-corrected chi connectivity index (χ1v) is 4.24. The van der Waals surface area contributed by atoms with E-state index in [0.29, 0.717) is 0 Å². The molecule has 6 nitrogen and oxygen atoms in total. The molecule has 2 unspecified atom stereocenters. The van der Waals surface area contributed by atoms with Gasteiger partial charge in [-0.25, -0.2) is 0 Å². The number of hydroxylamine groups is 2. The van der Waals surface area contributed by atoms with E-state index in [4.69, 9.17) is 10.2 Å². The summed E-state index contributed by atoms with van der Waals surface area (Å²) in [6.07, 6.45) is 0. The van der Waals surface area contributed by atoms with Crippen LogP contribution in [0.3, 0.4) is 0 Å². The minimum absolute atomic E-state index is 0.0764. The zero-order chi connectivity index (χ0) is 11.3. The smallest absolute Gasteiger partial charge is 0.307 e. The van der Waals surface area contributed by atoms with Gasteiger partial charge < -0.3 is 15.4 Å². The Labute approximate surface area is 81.7 Å². The molecule has 0 aromatic carbocycles. The minimum Gasteiger partial charge on any atom is -0.481 e. The van der Waals surface area contributed by atoms with Crippen LogP contribution in [0.15, 0.2) is 0 Å². The average Bonchev–Trinajstić information content (AvgIpc) is 2.03. The van der Waals surface area contributed by atoms with Gasteiger partial charge in [0.15, 0.2) is 0 Å². The molecule has 0 radical (unpaired) electrons. The Balaban J connectivity index is 3.92. The fourth-order valence-electron chi connectivity index (χ4n) is 0.863. The van der Waals surface area contributed by atoms with Crippen molar-refractivity contribution in [3.8, 4) is 0 Å². The maximum absolute atomic E-state index is 10.4. The Hall–Kier alpha value is -1.14. The lowest BCUT2D eigenvalue weighted by atomic mass is 10.1. The molecule has 0 amide bonds. The van der Waals surface area contributed by atoms with Crippen LogP contribution in [0.2, 0.25) is 0 Å². The second kappa shape index (κ2) is 5.56. The molecule has 6 heteroatoms. The van der Waals surface area contributed by atoms with Crippen LogP contribution in [0.25, 0.3) is 0 Å². The number of carboxylic acid groups (broad SMARTS) is 2. The zero-order valence-corrected chi connectivity index (χ0v) is 8.17. The van der Waals surface area contributed by atoms with Gasteiger partial charge in [0, 0.05) is 13.1 Å². The molecule has 0 aromatic rings. The number of carboxylic acids is 2. The highest BCUT2D eigenvalue weighted by molar-refractivity contribution is 5.70. The molecule has 0 aliphatic carbocycles. The number of aliphatic carboxylic acids is 2. The van der Waals surface area contributed by atoms with Crippen molar-refractivity contribution in [1.82, 2.24) is 5.06 Å². The second-order valence-corrected chi connectivity index (χ2v) is 3.35. The molecule has 0 aromatic heterocycles. The molecule has 0 bridgehead atoms. The van der Waals surface area contributed by atoms with Gasteiger partial charge in [0.1, 0.15) is 0 Å². The predicted octanol–water partition coefficient (Wildman–Crippen LogP) is 0.119. The third-order valence-corrected chi connectivity index (χ3v) is 1.81. The lowest BCUT2D eigenvalue weighted by molar-refractivity contribution is -0.156. The van der Waals surface area contributed by atoms with Gasteiger partial charge in [0.25, 0.3) is 0 Å². The Kier molecular flexibility index (Phi) is 5.11. The molecule has 0 aliphatic rings. The van der Waals surface area contributed by atoms with Crippen LogP contribution >= 0.6 is 0 Å². The summed E-state index contributed by atoms with van der Waals surface area (Å²) in [6.45, 7) is 2.73. The van der Waals surface area contributed by atoms with Crippen molar-refractivity contribution >= 4 is 11.9 Å². The molecule has 82 valence electrons. The van der Waals surface area contributed by atoms with E-state index in [-0.39, 0.29) is 13.1 Å². The maximum atomic E-state index is 10.4. The summed E-state index contributed by atoms with van der Waals surface area (Å²) in [4.78, 5) is 20.8. The molecule has 0 saturated heterocycles. The molecule has 0 aliphatic heterocycles. The third-order valence-electron chi connectivity index (χ3n) is 1.81. The van der Waals surface area contributed by atoms with Crippen LogP contribution in [0.1, 0.15) is 13.8 Å².